The zero-order valence-electron chi connectivity index (χ0n) is 14.9. The van der Waals surface area contributed by atoms with E-state index in [1.165, 1.54) is 12.1 Å². The summed E-state index contributed by atoms with van der Waals surface area (Å²) in [5.74, 6) is -0.282. The Morgan fingerprint density at radius 3 is 2.54 bits per heavy atom. The van der Waals surface area contributed by atoms with Crippen molar-refractivity contribution in [2.24, 2.45) is 0 Å². The number of esters is 1. The van der Waals surface area contributed by atoms with Crippen molar-refractivity contribution >= 4 is 33.3 Å². The molecule has 2 N–H and O–H groups in total. The highest BCUT2D eigenvalue weighted by Gasteiger charge is 2.17. The first-order valence-corrected chi connectivity index (χ1v) is 10.1. The molecule has 10 heteroatoms. The van der Waals surface area contributed by atoms with E-state index in [0.29, 0.717) is 30.4 Å². The Bertz CT molecular complexity index is 1000. The lowest BCUT2D eigenvalue weighted by atomic mass is 10.2. The average molecular weight is 406 g/mol. The van der Waals surface area contributed by atoms with E-state index in [-0.39, 0.29) is 11.3 Å². The van der Waals surface area contributed by atoms with Crippen LogP contribution in [0.2, 0.25) is 0 Å². The summed E-state index contributed by atoms with van der Waals surface area (Å²) >= 11 is 0. The number of fused-ring (bicyclic) bond motifs is 1. The summed E-state index contributed by atoms with van der Waals surface area (Å²) in [4.78, 5) is 24.3. The zero-order chi connectivity index (χ0) is 20.1. The van der Waals surface area contributed by atoms with Crippen molar-refractivity contribution in [3.05, 3.63) is 48.0 Å². The number of para-hydroxylation sites is 1. The van der Waals surface area contributed by atoms with Gasteiger partial charge in [-0.1, -0.05) is 12.1 Å². The Morgan fingerprint density at radius 1 is 1.07 bits per heavy atom. The Hall–Kier alpha value is -3.27. The summed E-state index contributed by atoms with van der Waals surface area (Å²) in [6.45, 7) is 0.341. The molecule has 1 aliphatic heterocycles. The lowest BCUT2D eigenvalue weighted by molar-refractivity contribution is -0.119. The molecule has 3 rings (SSSR count). The fourth-order valence-corrected chi connectivity index (χ4v) is 3.05. The number of anilines is 2. The Labute approximate surface area is 161 Å². The molecule has 2 aromatic rings. The molecule has 0 aliphatic carbocycles. The van der Waals surface area contributed by atoms with Gasteiger partial charge in [-0.2, -0.15) is 0 Å². The highest BCUT2D eigenvalue weighted by atomic mass is 32.2. The minimum absolute atomic E-state index is 0.0000505. The van der Waals surface area contributed by atoms with E-state index in [2.05, 4.69) is 10.0 Å². The number of ether oxygens (including phenoxy) is 3. The molecule has 9 nitrogen and oxygen atoms in total. The first-order valence-electron chi connectivity index (χ1n) is 8.25. The fourth-order valence-electron chi connectivity index (χ4n) is 2.48. The van der Waals surface area contributed by atoms with Crippen LogP contribution in [0.1, 0.15) is 10.4 Å². The number of carbonyl (C=O) groups is 2. The third-order valence-corrected chi connectivity index (χ3v) is 4.19. The predicted octanol–water partition coefficient (Wildman–Crippen LogP) is 1.62. The van der Waals surface area contributed by atoms with E-state index in [4.69, 9.17) is 14.2 Å². The third-order valence-electron chi connectivity index (χ3n) is 3.60. The SMILES string of the molecule is CS(=O)(=O)Nc1ccccc1C(=O)OCC(=O)Nc1ccc2c(c1)OCCO2. The molecule has 0 unspecified atom stereocenters. The standard InChI is InChI=1S/C18H18N2O7S/c1-28(23,24)20-14-5-3-2-4-13(14)18(22)27-11-17(21)19-12-6-7-15-16(10-12)26-9-8-25-15/h2-7,10,20H,8-9,11H2,1H3,(H,19,21). The Morgan fingerprint density at radius 2 is 1.79 bits per heavy atom. The molecule has 1 heterocycles. The fraction of sp³-hybridized carbons (Fsp3) is 0.222. The van der Waals surface area contributed by atoms with Crippen LogP contribution in [-0.2, 0) is 19.6 Å². The first-order chi connectivity index (χ1) is 13.3. The Kier molecular flexibility index (Phi) is 5.69. The van der Waals surface area contributed by atoms with Gasteiger partial charge in [-0.25, -0.2) is 13.2 Å². The lowest BCUT2D eigenvalue weighted by Crippen LogP contribution is -2.22. The maximum absolute atomic E-state index is 12.2. The van der Waals surface area contributed by atoms with Crippen LogP contribution in [-0.4, -0.2) is 46.4 Å². The Balaban J connectivity index is 1.60. The van der Waals surface area contributed by atoms with Crippen LogP contribution in [0.15, 0.2) is 42.5 Å². The summed E-state index contributed by atoms with van der Waals surface area (Å²) in [6, 6.07) is 10.9. The minimum Gasteiger partial charge on any atom is -0.486 e. The summed E-state index contributed by atoms with van der Waals surface area (Å²) in [5, 5.41) is 2.59. The molecule has 1 aliphatic rings. The van der Waals surface area contributed by atoms with E-state index in [9.17, 15) is 18.0 Å². The van der Waals surface area contributed by atoms with Crippen LogP contribution in [0.5, 0.6) is 11.5 Å². The van der Waals surface area contributed by atoms with Gasteiger partial charge in [0, 0.05) is 11.8 Å². The third kappa shape index (κ3) is 5.13. The molecule has 0 aromatic heterocycles. The molecule has 2 aromatic carbocycles. The van der Waals surface area contributed by atoms with Gasteiger partial charge in [-0.05, 0) is 24.3 Å². The smallest absolute Gasteiger partial charge is 0.340 e. The van der Waals surface area contributed by atoms with Gasteiger partial charge >= 0.3 is 5.97 Å². The summed E-state index contributed by atoms with van der Waals surface area (Å²) in [6.07, 6.45) is 0.968. The first kappa shape index (κ1) is 19.5. The van der Waals surface area contributed by atoms with E-state index < -0.39 is 28.5 Å². The van der Waals surface area contributed by atoms with Crippen molar-refractivity contribution in [3.8, 4) is 11.5 Å². The molecule has 0 fully saturated rings. The number of benzene rings is 2. The predicted molar refractivity (Wildman–Crippen MR) is 101 cm³/mol. The van der Waals surface area contributed by atoms with E-state index in [1.54, 1.807) is 30.3 Å². The normalized spacial score (nSPS) is 12.8. The molecule has 0 atom stereocenters. The minimum atomic E-state index is -3.57. The van der Waals surface area contributed by atoms with Gasteiger partial charge < -0.3 is 19.5 Å². The molecular formula is C18H18N2O7S. The number of rotatable bonds is 6. The molecule has 0 saturated heterocycles. The van der Waals surface area contributed by atoms with Gasteiger partial charge in [0.15, 0.2) is 18.1 Å². The maximum Gasteiger partial charge on any atom is 0.340 e. The van der Waals surface area contributed by atoms with Gasteiger partial charge in [0.2, 0.25) is 10.0 Å². The molecule has 148 valence electrons. The van der Waals surface area contributed by atoms with Crippen molar-refractivity contribution in [1.82, 2.24) is 0 Å². The monoisotopic (exact) mass is 406 g/mol. The van der Waals surface area contributed by atoms with Crippen molar-refractivity contribution in [2.75, 3.05) is 36.1 Å². The van der Waals surface area contributed by atoms with Crippen LogP contribution in [0.4, 0.5) is 11.4 Å². The molecule has 0 bridgehead atoms. The number of carbonyl (C=O) groups excluding carboxylic acids is 2. The number of sulfonamides is 1. The van der Waals surface area contributed by atoms with Crippen molar-refractivity contribution < 1.29 is 32.2 Å². The van der Waals surface area contributed by atoms with Crippen LogP contribution in [0.3, 0.4) is 0 Å². The van der Waals surface area contributed by atoms with E-state index in [0.717, 1.165) is 6.26 Å². The van der Waals surface area contributed by atoms with E-state index >= 15 is 0 Å². The highest BCUT2D eigenvalue weighted by molar-refractivity contribution is 7.92. The largest absolute Gasteiger partial charge is 0.486 e. The second-order valence-electron chi connectivity index (χ2n) is 5.90. The van der Waals surface area contributed by atoms with Crippen molar-refractivity contribution in [2.45, 2.75) is 0 Å². The maximum atomic E-state index is 12.2. The van der Waals surface area contributed by atoms with Gasteiger partial charge in [0.1, 0.15) is 13.2 Å². The van der Waals surface area contributed by atoms with Crippen molar-refractivity contribution in [1.29, 1.82) is 0 Å². The summed E-state index contributed by atoms with van der Waals surface area (Å²) in [5.41, 5.74) is 0.534. The van der Waals surface area contributed by atoms with Crippen LogP contribution >= 0.6 is 0 Å². The summed E-state index contributed by atoms with van der Waals surface area (Å²) < 4.78 is 40.9. The topological polar surface area (TPSA) is 120 Å². The number of hydrogen-bond acceptors (Lipinski definition) is 7. The zero-order valence-corrected chi connectivity index (χ0v) is 15.7. The quantitative estimate of drug-likeness (QED) is 0.700. The van der Waals surface area contributed by atoms with Gasteiger partial charge in [0.05, 0.1) is 17.5 Å². The number of hydrogen-bond donors (Lipinski definition) is 2. The molecule has 0 spiro atoms. The van der Waals surface area contributed by atoms with Crippen LogP contribution < -0.4 is 19.5 Å². The van der Waals surface area contributed by atoms with Crippen LogP contribution in [0, 0.1) is 0 Å². The lowest BCUT2D eigenvalue weighted by Gasteiger charge is -2.19. The number of amides is 1. The number of nitrogens with one attached hydrogen (secondary N) is 2. The second-order valence-corrected chi connectivity index (χ2v) is 7.65. The van der Waals surface area contributed by atoms with Gasteiger partial charge in [-0.15, -0.1) is 0 Å². The van der Waals surface area contributed by atoms with Crippen LogP contribution in [0.25, 0.3) is 0 Å². The molecule has 28 heavy (non-hydrogen) atoms. The molecule has 1 amide bonds. The second kappa shape index (κ2) is 8.17. The van der Waals surface area contributed by atoms with Crippen molar-refractivity contribution in [3.63, 3.8) is 0 Å². The van der Waals surface area contributed by atoms with E-state index in [1.807, 2.05) is 0 Å². The average Bonchev–Trinajstić information content (AvgIpc) is 2.65. The van der Waals surface area contributed by atoms with Gasteiger partial charge in [-0.3, -0.25) is 9.52 Å². The molecular weight excluding hydrogens is 388 g/mol. The molecule has 0 radical (unpaired) electrons. The highest BCUT2D eigenvalue weighted by Crippen LogP contribution is 2.32. The molecule has 0 saturated carbocycles. The van der Waals surface area contributed by atoms with Gasteiger partial charge in [0.25, 0.3) is 5.91 Å². The summed E-state index contributed by atoms with van der Waals surface area (Å²) in [7, 11) is -3.57.